The molecule has 0 saturated heterocycles. The van der Waals surface area contributed by atoms with Crippen LogP contribution in [-0.4, -0.2) is 24.5 Å². The first-order chi connectivity index (χ1) is 8.81. The molecule has 0 unspecified atom stereocenters. The lowest BCUT2D eigenvalue weighted by Crippen LogP contribution is -2.35. The first-order valence-corrected chi connectivity index (χ1v) is 7.28. The van der Waals surface area contributed by atoms with E-state index < -0.39 is 0 Å². The van der Waals surface area contributed by atoms with Crippen LogP contribution in [0, 0.1) is 0 Å². The zero-order chi connectivity index (χ0) is 12.8. The molecule has 0 atom stereocenters. The first kappa shape index (κ1) is 13.6. The fraction of sp³-hybridized carbons (Fsp3) is 0.625. The van der Waals surface area contributed by atoms with Gasteiger partial charge in [-0.2, -0.15) is 0 Å². The molecule has 18 heavy (non-hydrogen) atoms. The van der Waals surface area contributed by atoms with Crippen molar-refractivity contribution in [1.82, 2.24) is 4.90 Å². The van der Waals surface area contributed by atoms with Gasteiger partial charge in [-0.1, -0.05) is 43.5 Å². The van der Waals surface area contributed by atoms with Gasteiger partial charge in [-0.05, 0) is 37.4 Å². The Balaban J connectivity index is 1.86. The molecule has 0 radical (unpaired) electrons. The van der Waals surface area contributed by atoms with Crippen LogP contribution in [0.2, 0.25) is 0 Å². The van der Waals surface area contributed by atoms with Gasteiger partial charge in [-0.3, -0.25) is 0 Å². The molecule has 1 saturated carbocycles. The topological polar surface area (TPSA) is 29.3 Å². The Morgan fingerprint density at radius 2 is 1.78 bits per heavy atom. The minimum Gasteiger partial charge on any atom is -0.326 e. The molecule has 1 aromatic rings. The molecular formula is C16H26N2. The zero-order valence-corrected chi connectivity index (χ0v) is 11.6. The number of rotatable bonds is 5. The lowest BCUT2D eigenvalue weighted by atomic mass is 9.94. The molecule has 1 aliphatic rings. The highest BCUT2D eigenvalue weighted by atomic mass is 15.1. The molecule has 0 aliphatic heterocycles. The Hall–Kier alpha value is -0.860. The van der Waals surface area contributed by atoms with Crippen LogP contribution in [0.25, 0.3) is 0 Å². The van der Waals surface area contributed by atoms with Crippen molar-refractivity contribution in [3.05, 3.63) is 35.4 Å². The monoisotopic (exact) mass is 246 g/mol. The zero-order valence-electron chi connectivity index (χ0n) is 11.6. The van der Waals surface area contributed by atoms with Gasteiger partial charge in [0, 0.05) is 19.1 Å². The second-order valence-electron chi connectivity index (χ2n) is 5.50. The molecule has 0 spiro atoms. The van der Waals surface area contributed by atoms with Gasteiger partial charge < -0.3 is 10.6 Å². The number of hydrogen-bond donors (Lipinski definition) is 1. The number of likely N-dealkylation sites (N-methyl/N-ethyl adjacent to an activating group) is 1. The average molecular weight is 246 g/mol. The van der Waals surface area contributed by atoms with E-state index in [0.717, 1.165) is 19.0 Å². The van der Waals surface area contributed by atoms with Gasteiger partial charge in [-0.15, -0.1) is 0 Å². The van der Waals surface area contributed by atoms with Crippen LogP contribution < -0.4 is 5.73 Å². The summed E-state index contributed by atoms with van der Waals surface area (Å²) < 4.78 is 0. The summed E-state index contributed by atoms with van der Waals surface area (Å²) in [5.41, 5.74) is 8.51. The summed E-state index contributed by atoms with van der Waals surface area (Å²) >= 11 is 0. The van der Waals surface area contributed by atoms with Gasteiger partial charge in [0.1, 0.15) is 0 Å². The van der Waals surface area contributed by atoms with Crippen molar-refractivity contribution >= 4 is 0 Å². The van der Waals surface area contributed by atoms with Crippen molar-refractivity contribution < 1.29 is 0 Å². The van der Waals surface area contributed by atoms with E-state index in [-0.39, 0.29) is 0 Å². The first-order valence-electron chi connectivity index (χ1n) is 7.28. The van der Waals surface area contributed by atoms with Crippen LogP contribution in [0.15, 0.2) is 24.3 Å². The van der Waals surface area contributed by atoms with E-state index in [1.807, 2.05) is 0 Å². The third-order valence-electron chi connectivity index (χ3n) is 4.27. The summed E-state index contributed by atoms with van der Waals surface area (Å²) in [7, 11) is 2.28. The summed E-state index contributed by atoms with van der Waals surface area (Å²) in [5, 5.41) is 0. The van der Waals surface area contributed by atoms with Crippen molar-refractivity contribution in [2.45, 2.75) is 51.1 Å². The van der Waals surface area contributed by atoms with E-state index in [1.54, 1.807) is 0 Å². The second kappa shape index (κ2) is 6.91. The van der Waals surface area contributed by atoms with Crippen LogP contribution in [0.1, 0.15) is 43.2 Å². The van der Waals surface area contributed by atoms with Gasteiger partial charge in [0.25, 0.3) is 0 Å². The Morgan fingerprint density at radius 3 is 2.44 bits per heavy atom. The van der Waals surface area contributed by atoms with E-state index in [1.165, 1.54) is 43.2 Å². The van der Waals surface area contributed by atoms with Gasteiger partial charge >= 0.3 is 0 Å². The summed E-state index contributed by atoms with van der Waals surface area (Å²) in [4.78, 5) is 2.55. The number of hydrogen-bond acceptors (Lipinski definition) is 2. The predicted octanol–water partition coefficient (Wildman–Crippen LogP) is 2.95. The van der Waals surface area contributed by atoms with E-state index in [2.05, 4.69) is 36.2 Å². The largest absolute Gasteiger partial charge is 0.326 e. The highest BCUT2D eigenvalue weighted by Crippen LogP contribution is 2.22. The van der Waals surface area contributed by atoms with E-state index in [4.69, 9.17) is 5.73 Å². The molecule has 2 nitrogen and oxygen atoms in total. The predicted molar refractivity (Wildman–Crippen MR) is 77.5 cm³/mol. The quantitative estimate of drug-likeness (QED) is 0.865. The van der Waals surface area contributed by atoms with Crippen LogP contribution in [0.5, 0.6) is 0 Å². The molecule has 1 fully saturated rings. The Bertz CT molecular complexity index is 356. The van der Waals surface area contributed by atoms with Crippen LogP contribution in [0.4, 0.5) is 0 Å². The minimum absolute atomic E-state index is 0.656. The van der Waals surface area contributed by atoms with Gasteiger partial charge in [-0.25, -0.2) is 0 Å². The van der Waals surface area contributed by atoms with Crippen LogP contribution in [-0.2, 0) is 13.0 Å². The summed E-state index contributed by atoms with van der Waals surface area (Å²) in [5.74, 6) is 0. The Morgan fingerprint density at radius 1 is 1.11 bits per heavy atom. The maximum Gasteiger partial charge on any atom is 0.0180 e. The number of benzene rings is 1. The molecule has 100 valence electrons. The van der Waals surface area contributed by atoms with Gasteiger partial charge in [0.05, 0.1) is 0 Å². The van der Waals surface area contributed by atoms with Crippen LogP contribution in [0.3, 0.4) is 0 Å². The molecule has 2 N–H and O–H groups in total. The average Bonchev–Trinajstić information content (AvgIpc) is 2.46. The molecule has 0 heterocycles. The molecule has 0 amide bonds. The SMILES string of the molecule is CN(CCc1ccccc1CN)C1CCCCC1. The fourth-order valence-corrected chi connectivity index (χ4v) is 3.00. The Labute approximate surface area is 111 Å². The maximum atomic E-state index is 5.79. The summed E-state index contributed by atoms with van der Waals surface area (Å²) in [6.07, 6.45) is 8.15. The minimum atomic E-state index is 0.656. The molecule has 0 bridgehead atoms. The lowest BCUT2D eigenvalue weighted by molar-refractivity contribution is 0.193. The molecule has 1 aromatic carbocycles. The van der Waals surface area contributed by atoms with Gasteiger partial charge in [0.15, 0.2) is 0 Å². The molecule has 2 rings (SSSR count). The smallest absolute Gasteiger partial charge is 0.0180 e. The normalized spacial score (nSPS) is 17.3. The maximum absolute atomic E-state index is 5.79. The summed E-state index contributed by atoms with van der Waals surface area (Å²) in [6.45, 7) is 1.81. The third kappa shape index (κ3) is 3.56. The van der Waals surface area contributed by atoms with Crippen molar-refractivity contribution in [3.8, 4) is 0 Å². The van der Waals surface area contributed by atoms with E-state index >= 15 is 0 Å². The highest BCUT2D eigenvalue weighted by Gasteiger charge is 2.17. The van der Waals surface area contributed by atoms with Gasteiger partial charge in [0.2, 0.25) is 0 Å². The molecule has 0 aromatic heterocycles. The van der Waals surface area contributed by atoms with Crippen molar-refractivity contribution in [3.63, 3.8) is 0 Å². The van der Waals surface area contributed by atoms with Crippen LogP contribution >= 0.6 is 0 Å². The molecule has 2 heteroatoms. The lowest BCUT2D eigenvalue weighted by Gasteiger charge is -2.31. The second-order valence-corrected chi connectivity index (χ2v) is 5.50. The van der Waals surface area contributed by atoms with Crippen molar-refractivity contribution in [1.29, 1.82) is 0 Å². The Kier molecular flexibility index (Phi) is 5.21. The van der Waals surface area contributed by atoms with E-state index in [9.17, 15) is 0 Å². The third-order valence-corrected chi connectivity index (χ3v) is 4.27. The summed E-state index contributed by atoms with van der Waals surface area (Å²) in [6, 6.07) is 9.38. The standard InChI is InChI=1S/C16H26N2/c1-18(16-9-3-2-4-10-16)12-11-14-7-5-6-8-15(14)13-17/h5-8,16H,2-4,9-13,17H2,1H3. The molecular weight excluding hydrogens is 220 g/mol. The van der Waals surface area contributed by atoms with Crippen molar-refractivity contribution in [2.75, 3.05) is 13.6 Å². The van der Waals surface area contributed by atoms with Crippen molar-refractivity contribution in [2.24, 2.45) is 5.73 Å². The molecule has 1 aliphatic carbocycles. The van der Waals surface area contributed by atoms with E-state index in [0.29, 0.717) is 6.54 Å². The number of nitrogens with zero attached hydrogens (tertiary/aromatic N) is 1. The number of nitrogens with two attached hydrogens (primary N) is 1. The fourth-order valence-electron chi connectivity index (χ4n) is 3.00. The highest BCUT2D eigenvalue weighted by molar-refractivity contribution is 5.27.